The van der Waals surface area contributed by atoms with E-state index in [4.69, 9.17) is 5.14 Å². The largest absolute Gasteiger partial charge is 0.393 e. The molecule has 0 bridgehead atoms. The number of nitrogens with two attached hydrogens (primary N) is 1. The average molecular weight is 428 g/mol. The molecule has 1 aromatic heterocycles. The Balaban J connectivity index is 1.78. The molecule has 1 aromatic carbocycles. The van der Waals surface area contributed by atoms with E-state index in [-0.39, 0.29) is 11.0 Å². The Morgan fingerprint density at radius 2 is 1.88 bits per heavy atom. The number of nitrogens with zero attached hydrogens (tertiary/aromatic N) is 3. The smallest absolute Gasteiger partial charge is 0.238 e. The number of aromatic nitrogens is 2. The number of aliphatic hydroxyl groups is 1. The normalized spacial score (nSPS) is 16.0. The topological polar surface area (TPSA) is 121 Å². The molecule has 2 heterocycles. The summed E-state index contributed by atoms with van der Waals surface area (Å²) in [5.41, 5.74) is 0.648. The van der Waals surface area contributed by atoms with E-state index in [2.05, 4.69) is 36.1 Å². The zero-order valence-electron chi connectivity index (χ0n) is 13.3. The Kier molecular flexibility index (Phi) is 5.23. The molecule has 3 rings (SSSR count). The minimum Gasteiger partial charge on any atom is -0.393 e. The SMILES string of the molecule is NS(=O)(=O)c1ccc(Nc2ncc(Br)c(N3CCC(O)CC3)n2)cc1. The number of hydrogen-bond donors (Lipinski definition) is 3. The molecule has 0 saturated carbocycles. The Morgan fingerprint density at radius 3 is 2.48 bits per heavy atom. The molecule has 1 fully saturated rings. The van der Waals surface area contributed by atoms with Gasteiger partial charge >= 0.3 is 0 Å². The first-order chi connectivity index (χ1) is 11.8. The molecule has 0 radical (unpaired) electrons. The summed E-state index contributed by atoms with van der Waals surface area (Å²) in [4.78, 5) is 10.9. The van der Waals surface area contributed by atoms with E-state index in [1.54, 1.807) is 18.3 Å². The highest BCUT2D eigenvalue weighted by Gasteiger charge is 2.20. The lowest BCUT2D eigenvalue weighted by atomic mass is 10.1. The van der Waals surface area contributed by atoms with Gasteiger partial charge in [-0.2, -0.15) is 4.98 Å². The zero-order chi connectivity index (χ0) is 18.0. The van der Waals surface area contributed by atoms with Gasteiger partial charge in [-0.05, 0) is 53.0 Å². The van der Waals surface area contributed by atoms with Gasteiger partial charge in [0.25, 0.3) is 0 Å². The highest BCUT2D eigenvalue weighted by atomic mass is 79.9. The van der Waals surface area contributed by atoms with Crippen LogP contribution in [0.4, 0.5) is 17.5 Å². The van der Waals surface area contributed by atoms with Crippen molar-refractivity contribution in [3.05, 3.63) is 34.9 Å². The quantitative estimate of drug-likeness (QED) is 0.676. The summed E-state index contributed by atoms with van der Waals surface area (Å²) < 4.78 is 23.4. The first-order valence-corrected chi connectivity index (χ1v) is 10.0. The van der Waals surface area contributed by atoms with E-state index in [9.17, 15) is 13.5 Å². The van der Waals surface area contributed by atoms with E-state index in [1.165, 1.54) is 12.1 Å². The van der Waals surface area contributed by atoms with Crippen LogP contribution in [-0.4, -0.2) is 42.7 Å². The predicted molar refractivity (Wildman–Crippen MR) is 98.3 cm³/mol. The predicted octanol–water partition coefficient (Wildman–Crippen LogP) is 1.59. The van der Waals surface area contributed by atoms with Gasteiger partial charge in [0.1, 0.15) is 5.82 Å². The van der Waals surface area contributed by atoms with Crippen molar-refractivity contribution in [3.8, 4) is 0 Å². The number of primary sulfonamides is 1. The van der Waals surface area contributed by atoms with Crippen molar-refractivity contribution >= 4 is 43.4 Å². The molecule has 0 atom stereocenters. The second kappa shape index (κ2) is 7.24. The van der Waals surface area contributed by atoms with Gasteiger partial charge in [-0.15, -0.1) is 0 Å². The van der Waals surface area contributed by atoms with Crippen LogP contribution in [0.15, 0.2) is 39.8 Å². The third kappa shape index (κ3) is 4.46. The van der Waals surface area contributed by atoms with Crippen LogP contribution in [0.3, 0.4) is 0 Å². The number of benzene rings is 1. The van der Waals surface area contributed by atoms with Crippen LogP contribution in [-0.2, 0) is 10.0 Å². The first kappa shape index (κ1) is 18.1. The molecule has 2 aromatic rings. The molecule has 8 nitrogen and oxygen atoms in total. The van der Waals surface area contributed by atoms with Gasteiger partial charge in [-0.1, -0.05) is 0 Å². The molecule has 10 heteroatoms. The lowest BCUT2D eigenvalue weighted by Crippen LogP contribution is -2.36. The van der Waals surface area contributed by atoms with E-state index < -0.39 is 10.0 Å². The number of hydrogen-bond acceptors (Lipinski definition) is 7. The maximum absolute atomic E-state index is 11.3. The molecule has 1 aliphatic rings. The van der Waals surface area contributed by atoms with Crippen molar-refractivity contribution in [3.63, 3.8) is 0 Å². The standard InChI is InChI=1S/C15H18BrN5O3S/c16-13-9-18-15(20-14(13)21-7-5-11(22)6-8-21)19-10-1-3-12(4-2-10)25(17,23)24/h1-4,9,11,22H,5-8H2,(H2,17,23,24)(H,18,19,20). The number of rotatable bonds is 4. The lowest BCUT2D eigenvalue weighted by Gasteiger charge is -2.31. The molecule has 1 saturated heterocycles. The third-order valence-electron chi connectivity index (χ3n) is 3.93. The van der Waals surface area contributed by atoms with Gasteiger partial charge in [-0.3, -0.25) is 0 Å². The summed E-state index contributed by atoms with van der Waals surface area (Å²) in [7, 11) is -3.72. The van der Waals surface area contributed by atoms with E-state index in [0.717, 1.165) is 23.4 Å². The summed E-state index contributed by atoms with van der Waals surface area (Å²) >= 11 is 3.46. The van der Waals surface area contributed by atoms with Crippen molar-refractivity contribution in [1.29, 1.82) is 0 Å². The van der Waals surface area contributed by atoms with Crippen LogP contribution in [0.5, 0.6) is 0 Å². The van der Waals surface area contributed by atoms with Crippen molar-refractivity contribution in [2.24, 2.45) is 5.14 Å². The third-order valence-corrected chi connectivity index (χ3v) is 5.42. The molecule has 1 aliphatic heterocycles. The Hall–Kier alpha value is -1.75. The summed E-state index contributed by atoms with van der Waals surface area (Å²) in [5.74, 6) is 1.15. The van der Waals surface area contributed by atoms with E-state index in [1.807, 2.05) is 0 Å². The lowest BCUT2D eigenvalue weighted by molar-refractivity contribution is 0.145. The Morgan fingerprint density at radius 1 is 1.24 bits per heavy atom. The number of sulfonamides is 1. The molecular formula is C15H18BrN5O3S. The van der Waals surface area contributed by atoms with Crippen LogP contribution in [0.2, 0.25) is 0 Å². The van der Waals surface area contributed by atoms with Crippen molar-refractivity contribution in [2.75, 3.05) is 23.3 Å². The number of aliphatic hydroxyl groups excluding tert-OH is 1. The van der Waals surface area contributed by atoms with Gasteiger partial charge in [0.2, 0.25) is 16.0 Å². The molecule has 134 valence electrons. The minimum atomic E-state index is -3.72. The van der Waals surface area contributed by atoms with Crippen LogP contribution in [0.25, 0.3) is 0 Å². The second-order valence-corrected chi connectivity index (χ2v) is 8.19. The van der Waals surface area contributed by atoms with E-state index in [0.29, 0.717) is 24.5 Å². The fraction of sp³-hybridized carbons (Fsp3) is 0.333. The highest BCUT2D eigenvalue weighted by Crippen LogP contribution is 2.28. The Labute approximate surface area is 154 Å². The monoisotopic (exact) mass is 427 g/mol. The van der Waals surface area contributed by atoms with Crippen LogP contribution in [0, 0.1) is 0 Å². The van der Waals surface area contributed by atoms with E-state index >= 15 is 0 Å². The fourth-order valence-electron chi connectivity index (χ4n) is 2.57. The Bertz CT molecular complexity index is 852. The van der Waals surface area contributed by atoms with Crippen LogP contribution >= 0.6 is 15.9 Å². The molecule has 4 N–H and O–H groups in total. The molecular weight excluding hydrogens is 410 g/mol. The number of piperidine rings is 1. The second-order valence-electron chi connectivity index (χ2n) is 5.78. The molecule has 0 aliphatic carbocycles. The summed E-state index contributed by atoms with van der Waals surface area (Å²) in [6, 6.07) is 6.04. The molecule has 0 unspecified atom stereocenters. The molecule has 0 spiro atoms. The van der Waals surface area contributed by atoms with Crippen molar-refractivity contribution < 1.29 is 13.5 Å². The number of halogens is 1. The van der Waals surface area contributed by atoms with Crippen LogP contribution < -0.4 is 15.4 Å². The van der Waals surface area contributed by atoms with Crippen molar-refractivity contribution in [1.82, 2.24) is 9.97 Å². The average Bonchev–Trinajstić information content (AvgIpc) is 2.57. The number of anilines is 3. The van der Waals surface area contributed by atoms with Gasteiger partial charge in [0, 0.05) is 25.0 Å². The highest BCUT2D eigenvalue weighted by molar-refractivity contribution is 9.10. The van der Waals surface area contributed by atoms with Gasteiger partial charge in [-0.25, -0.2) is 18.5 Å². The summed E-state index contributed by atoms with van der Waals surface area (Å²) in [6.45, 7) is 1.44. The summed E-state index contributed by atoms with van der Waals surface area (Å²) in [6.07, 6.45) is 2.81. The van der Waals surface area contributed by atoms with Crippen molar-refractivity contribution in [2.45, 2.75) is 23.8 Å². The number of nitrogens with one attached hydrogen (secondary N) is 1. The minimum absolute atomic E-state index is 0.0438. The zero-order valence-corrected chi connectivity index (χ0v) is 15.7. The van der Waals surface area contributed by atoms with Gasteiger partial charge < -0.3 is 15.3 Å². The van der Waals surface area contributed by atoms with Gasteiger partial charge in [0.05, 0.1) is 15.5 Å². The first-order valence-electron chi connectivity index (χ1n) is 7.68. The van der Waals surface area contributed by atoms with Crippen LogP contribution in [0.1, 0.15) is 12.8 Å². The summed E-state index contributed by atoms with van der Waals surface area (Å²) in [5, 5.41) is 17.8. The van der Waals surface area contributed by atoms with Gasteiger partial charge in [0.15, 0.2) is 0 Å². The maximum atomic E-state index is 11.3. The fourth-order valence-corrected chi connectivity index (χ4v) is 3.53. The maximum Gasteiger partial charge on any atom is 0.238 e. The molecule has 0 amide bonds. The molecule has 25 heavy (non-hydrogen) atoms.